The molecule has 0 radical (unpaired) electrons. The molecule has 0 fully saturated rings. The van der Waals surface area contributed by atoms with Crippen molar-refractivity contribution in [3.8, 4) is 5.75 Å². The molecule has 0 heterocycles. The summed E-state index contributed by atoms with van der Waals surface area (Å²) >= 11 is 5.46. The summed E-state index contributed by atoms with van der Waals surface area (Å²) in [7, 11) is 0. The third-order valence-corrected chi connectivity index (χ3v) is 3.33. The molecule has 0 aliphatic carbocycles. The molecule has 1 atom stereocenters. The number of ether oxygens (including phenoxy) is 1. The number of hydrogen-bond donors (Lipinski definition) is 1. The van der Waals surface area contributed by atoms with Crippen molar-refractivity contribution in [2.24, 2.45) is 5.92 Å². The first-order valence-electron chi connectivity index (χ1n) is 4.76. The van der Waals surface area contributed by atoms with Crippen LogP contribution < -0.4 is 4.74 Å². The van der Waals surface area contributed by atoms with Crippen molar-refractivity contribution in [2.45, 2.75) is 20.0 Å². The minimum atomic E-state index is -0.936. The van der Waals surface area contributed by atoms with E-state index >= 15 is 0 Å². The molecule has 0 aromatic heterocycles. The minimum Gasteiger partial charge on any atom is -0.478 e. The van der Waals surface area contributed by atoms with Crippen LogP contribution in [0.3, 0.4) is 0 Å². The summed E-state index contributed by atoms with van der Waals surface area (Å²) in [5.74, 6) is -0.407. The van der Waals surface area contributed by atoms with Crippen molar-refractivity contribution in [2.75, 3.05) is 0 Å². The van der Waals surface area contributed by atoms with Gasteiger partial charge in [0.05, 0.1) is 3.57 Å². The minimum absolute atomic E-state index is 0.0723. The van der Waals surface area contributed by atoms with Crippen LogP contribution in [0.15, 0.2) is 22.7 Å². The Labute approximate surface area is 116 Å². The highest BCUT2D eigenvalue weighted by Gasteiger charge is 2.24. The van der Waals surface area contributed by atoms with Crippen molar-refractivity contribution in [1.82, 2.24) is 0 Å². The number of carbonyl (C=O) groups is 1. The quantitative estimate of drug-likeness (QED) is 0.789. The molecule has 0 aliphatic heterocycles. The zero-order valence-electron chi connectivity index (χ0n) is 8.91. The zero-order chi connectivity index (χ0) is 12.3. The molecule has 0 bridgehead atoms. The Bertz CT molecular complexity index is 393. The lowest BCUT2D eigenvalue weighted by atomic mass is 10.1. The van der Waals surface area contributed by atoms with Gasteiger partial charge in [-0.05, 0) is 40.8 Å². The number of halogens is 2. The van der Waals surface area contributed by atoms with Gasteiger partial charge in [0.15, 0.2) is 6.10 Å². The van der Waals surface area contributed by atoms with Crippen molar-refractivity contribution in [1.29, 1.82) is 0 Å². The first kappa shape index (κ1) is 13.8. The summed E-state index contributed by atoms with van der Waals surface area (Å²) in [5.41, 5.74) is 0. The SMILES string of the molecule is CC(C)C(Oc1ccc(Br)cc1I)C(=O)O. The summed E-state index contributed by atoms with van der Waals surface area (Å²) < 4.78 is 7.33. The normalized spacial score (nSPS) is 12.6. The first-order chi connectivity index (χ1) is 7.41. The molecule has 0 saturated heterocycles. The average Bonchev–Trinajstić information content (AvgIpc) is 2.15. The number of benzene rings is 1. The van der Waals surface area contributed by atoms with Gasteiger partial charge in [0, 0.05) is 10.4 Å². The van der Waals surface area contributed by atoms with Crippen LogP contribution in [-0.4, -0.2) is 17.2 Å². The van der Waals surface area contributed by atoms with E-state index in [-0.39, 0.29) is 5.92 Å². The summed E-state index contributed by atoms with van der Waals surface area (Å²) in [5, 5.41) is 9.01. The average molecular weight is 399 g/mol. The van der Waals surface area contributed by atoms with E-state index in [2.05, 4.69) is 38.5 Å². The van der Waals surface area contributed by atoms with Gasteiger partial charge in [0.2, 0.25) is 0 Å². The molecular formula is C11H12BrIO3. The van der Waals surface area contributed by atoms with Crippen molar-refractivity contribution >= 4 is 44.5 Å². The molecule has 3 nitrogen and oxygen atoms in total. The second kappa shape index (κ2) is 5.86. The summed E-state index contributed by atoms with van der Waals surface area (Å²) in [4.78, 5) is 11.0. The van der Waals surface area contributed by atoms with Gasteiger partial charge in [0.1, 0.15) is 5.75 Å². The van der Waals surface area contributed by atoms with Gasteiger partial charge in [-0.3, -0.25) is 0 Å². The van der Waals surface area contributed by atoms with Crippen molar-refractivity contribution < 1.29 is 14.6 Å². The van der Waals surface area contributed by atoms with Crippen LogP contribution in [0, 0.1) is 9.49 Å². The number of carboxylic acids is 1. The highest BCUT2D eigenvalue weighted by molar-refractivity contribution is 14.1. The highest BCUT2D eigenvalue weighted by Crippen LogP contribution is 2.26. The van der Waals surface area contributed by atoms with Crippen LogP contribution in [0.1, 0.15) is 13.8 Å². The molecular weight excluding hydrogens is 387 g/mol. The van der Waals surface area contributed by atoms with Gasteiger partial charge in [-0.1, -0.05) is 29.8 Å². The van der Waals surface area contributed by atoms with Gasteiger partial charge in [0.25, 0.3) is 0 Å². The third kappa shape index (κ3) is 3.62. The van der Waals surface area contributed by atoms with E-state index in [0.29, 0.717) is 5.75 Å². The van der Waals surface area contributed by atoms with Gasteiger partial charge < -0.3 is 9.84 Å². The van der Waals surface area contributed by atoms with Crippen LogP contribution in [0.5, 0.6) is 5.75 Å². The molecule has 88 valence electrons. The molecule has 0 spiro atoms. The van der Waals surface area contributed by atoms with Crippen LogP contribution >= 0.6 is 38.5 Å². The standard InChI is InChI=1S/C11H12BrIO3/c1-6(2)10(11(14)15)16-9-4-3-7(12)5-8(9)13/h3-6,10H,1-2H3,(H,14,15). The molecule has 0 amide bonds. The molecule has 5 heteroatoms. The van der Waals surface area contributed by atoms with Crippen molar-refractivity contribution in [3.63, 3.8) is 0 Å². The lowest BCUT2D eigenvalue weighted by Crippen LogP contribution is -2.32. The van der Waals surface area contributed by atoms with Gasteiger partial charge in [-0.25, -0.2) is 4.79 Å². The molecule has 0 aliphatic rings. The molecule has 1 rings (SSSR count). The lowest BCUT2D eigenvalue weighted by molar-refractivity contribution is -0.147. The summed E-state index contributed by atoms with van der Waals surface area (Å²) in [6.45, 7) is 3.65. The van der Waals surface area contributed by atoms with E-state index in [1.807, 2.05) is 26.0 Å². The predicted molar refractivity (Wildman–Crippen MR) is 73.7 cm³/mol. The van der Waals surface area contributed by atoms with E-state index in [0.717, 1.165) is 8.04 Å². The van der Waals surface area contributed by atoms with Crippen molar-refractivity contribution in [3.05, 3.63) is 26.2 Å². The number of carboxylic acid groups (broad SMARTS) is 1. The molecule has 1 aromatic carbocycles. The van der Waals surface area contributed by atoms with E-state index in [1.54, 1.807) is 6.07 Å². The fraction of sp³-hybridized carbons (Fsp3) is 0.364. The number of rotatable bonds is 4. The van der Waals surface area contributed by atoms with Gasteiger partial charge >= 0.3 is 5.97 Å². The summed E-state index contributed by atoms with van der Waals surface area (Å²) in [6.07, 6.45) is -0.810. The molecule has 1 aromatic rings. The Balaban J connectivity index is 2.90. The molecule has 0 saturated carbocycles. The Hall–Kier alpha value is -0.300. The fourth-order valence-corrected chi connectivity index (χ4v) is 2.61. The molecule has 16 heavy (non-hydrogen) atoms. The van der Waals surface area contributed by atoms with Crippen LogP contribution in [0.2, 0.25) is 0 Å². The Morgan fingerprint density at radius 2 is 2.12 bits per heavy atom. The second-order valence-electron chi connectivity index (χ2n) is 3.70. The first-order valence-corrected chi connectivity index (χ1v) is 6.63. The maximum absolute atomic E-state index is 11.0. The van der Waals surface area contributed by atoms with Gasteiger partial charge in [-0.15, -0.1) is 0 Å². The summed E-state index contributed by atoms with van der Waals surface area (Å²) in [6, 6.07) is 5.48. The number of aliphatic carboxylic acids is 1. The maximum atomic E-state index is 11.0. The Morgan fingerprint density at radius 3 is 2.56 bits per heavy atom. The number of hydrogen-bond acceptors (Lipinski definition) is 2. The highest BCUT2D eigenvalue weighted by atomic mass is 127. The monoisotopic (exact) mass is 398 g/mol. The topological polar surface area (TPSA) is 46.5 Å². The Morgan fingerprint density at radius 1 is 1.50 bits per heavy atom. The zero-order valence-corrected chi connectivity index (χ0v) is 12.6. The second-order valence-corrected chi connectivity index (χ2v) is 5.77. The van der Waals surface area contributed by atoms with Crippen LogP contribution in [0.4, 0.5) is 0 Å². The molecule has 1 unspecified atom stereocenters. The van der Waals surface area contributed by atoms with E-state index < -0.39 is 12.1 Å². The van der Waals surface area contributed by atoms with E-state index in [9.17, 15) is 4.79 Å². The van der Waals surface area contributed by atoms with E-state index in [4.69, 9.17) is 9.84 Å². The predicted octanol–water partition coefficient (Wildman–Crippen LogP) is 3.54. The molecule has 1 N–H and O–H groups in total. The van der Waals surface area contributed by atoms with Crippen LogP contribution in [-0.2, 0) is 4.79 Å². The lowest BCUT2D eigenvalue weighted by Gasteiger charge is -2.19. The smallest absolute Gasteiger partial charge is 0.345 e. The largest absolute Gasteiger partial charge is 0.478 e. The van der Waals surface area contributed by atoms with Gasteiger partial charge in [-0.2, -0.15) is 0 Å². The Kier molecular flexibility index (Phi) is 5.04. The van der Waals surface area contributed by atoms with Crippen LogP contribution in [0.25, 0.3) is 0 Å². The fourth-order valence-electron chi connectivity index (χ4n) is 1.18. The maximum Gasteiger partial charge on any atom is 0.345 e. The third-order valence-electron chi connectivity index (χ3n) is 2.00. The van der Waals surface area contributed by atoms with E-state index in [1.165, 1.54) is 0 Å².